The number of halogens is 2. The van der Waals surface area contributed by atoms with E-state index in [9.17, 15) is 13.6 Å². The van der Waals surface area contributed by atoms with Crippen LogP contribution in [0.15, 0.2) is 42.7 Å². The summed E-state index contributed by atoms with van der Waals surface area (Å²) in [5, 5.41) is 6.19. The molecule has 136 valence electrons. The smallest absolute Gasteiger partial charge is 0.319 e. The van der Waals surface area contributed by atoms with Crippen molar-refractivity contribution in [3.8, 4) is 5.00 Å². The lowest BCUT2D eigenvalue weighted by Gasteiger charge is -2.17. The van der Waals surface area contributed by atoms with Crippen LogP contribution in [0.5, 0.6) is 0 Å². The van der Waals surface area contributed by atoms with Gasteiger partial charge in [-0.15, -0.1) is 11.3 Å². The molecule has 2 aromatic heterocycles. The number of nitrogens with one attached hydrogen (secondary N) is 2. The Balaban J connectivity index is 1.81. The molecule has 0 bridgehead atoms. The van der Waals surface area contributed by atoms with Crippen LogP contribution < -0.4 is 10.6 Å². The minimum absolute atomic E-state index is 0.196. The third-order valence-corrected chi connectivity index (χ3v) is 5.44. The number of aryl methyl sites for hydroxylation is 1. The molecule has 1 aromatic carbocycles. The highest BCUT2D eigenvalue weighted by Crippen LogP contribution is 2.35. The zero-order valence-electron chi connectivity index (χ0n) is 14.6. The van der Waals surface area contributed by atoms with Crippen molar-refractivity contribution in [1.82, 2.24) is 9.88 Å². The molecule has 2 heterocycles. The minimum Gasteiger partial charge on any atom is -0.331 e. The molecule has 1 atom stereocenters. The zero-order valence-corrected chi connectivity index (χ0v) is 15.5. The number of hydrogen-bond acceptors (Lipinski definition) is 2. The summed E-state index contributed by atoms with van der Waals surface area (Å²) < 4.78 is 29.0. The number of hydrogen-bond donors (Lipinski definition) is 2. The maximum absolute atomic E-state index is 13.7. The van der Waals surface area contributed by atoms with Crippen LogP contribution >= 0.6 is 11.3 Å². The number of amides is 2. The summed E-state index contributed by atoms with van der Waals surface area (Å²) in [6, 6.07) is 5.90. The topological polar surface area (TPSA) is 46.1 Å². The Labute approximate surface area is 154 Å². The number of anilines is 1. The van der Waals surface area contributed by atoms with Gasteiger partial charge in [-0.3, -0.25) is 0 Å². The number of carbonyl (C=O) groups excluding carboxylic acids is 1. The Morgan fingerprint density at radius 2 is 1.88 bits per heavy atom. The van der Waals surface area contributed by atoms with Gasteiger partial charge in [-0.2, -0.15) is 0 Å². The van der Waals surface area contributed by atoms with Crippen molar-refractivity contribution in [2.45, 2.75) is 26.8 Å². The number of benzene rings is 1. The third kappa shape index (κ3) is 3.62. The van der Waals surface area contributed by atoms with Gasteiger partial charge in [0.1, 0.15) is 16.6 Å². The Morgan fingerprint density at radius 3 is 2.58 bits per heavy atom. The second-order valence-electron chi connectivity index (χ2n) is 6.04. The summed E-state index contributed by atoms with van der Waals surface area (Å²) in [6.45, 7) is 5.91. The van der Waals surface area contributed by atoms with Crippen molar-refractivity contribution >= 4 is 23.1 Å². The maximum Gasteiger partial charge on any atom is 0.319 e. The van der Waals surface area contributed by atoms with E-state index < -0.39 is 17.7 Å². The Kier molecular flexibility index (Phi) is 5.08. The van der Waals surface area contributed by atoms with Crippen LogP contribution in [0.4, 0.5) is 19.3 Å². The number of rotatable bonds is 4. The number of thiophene rings is 1. The Bertz CT molecular complexity index is 935. The van der Waals surface area contributed by atoms with Crippen molar-refractivity contribution in [2.24, 2.45) is 0 Å². The SMILES string of the molecule is Cc1sc(-n2cccc2)c([C@@H](C)NC(=O)Nc2cc(F)ccc2F)c1C. The molecule has 0 aliphatic heterocycles. The van der Waals surface area contributed by atoms with E-state index in [1.807, 2.05) is 49.9 Å². The van der Waals surface area contributed by atoms with Crippen LogP contribution in [0.2, 0.25) is 0 Å². The van der Waals surface area contributed by atoms with Gasteiger partial charge < -0.3 is 15.2 Å². The normalized spacial score (nSPS) is 12.0. The first-order valence-corrected chi connectivity index (χ1v) is 8.94. The molecular formula is C19H19F2N3OS. The van der Waals surface area contributed by atoms with E-state index in [-0.39, 0.29) is 11.7 Å². The number of carbonyl (C=O) groups is 1. The molecule has 0 fully saturated rings. The summed E-state index contributed by atoms with van der Waals surface area (Å²) in [5.41, 5.74) is 1.90. The van der Waals surface area contributed by atoms with Gasteiger partial charge in [0, 0.05) is 28.9 Å². The van der Waals surface area contributed by atoms with Crippen LogP contribution in [0.3, 0.4) is 0 Å². The maximum atomic E-state index is 13.7. The summed E-state index contributed by atoms with van der Waals surface area (Å²) in [7, 11) is 0. The van der Waals surface area contributed by atoms with E-state index in [2.05, 4.69) is 10.6 Å². The van der Waals surface area contributed by atoms with Gasteiger partial charge in [-0.05, 0) is 50.6 Å². The first-order chi connectivity index (χ1) is 12.4. The second kappa shape index (κ2) is 7.29. The van der Waals surface area contributed by atoms with E-state index in [0.29, 0.717) is 0 Å². The van der Waals surface area contributed by atoms with Crippen molar-refractivity contribution < 1.29 is 13.6 Å². The number of nitrogens with zero attached hydrogens (tertiary/aromatic N) is 1. The molecular weight excluding hydrogens is 356 g/mol. The van der Waals surface area contributed by atoms with Gasteiger partial charge in [0.2, 0.25) is 0 Å². The highest BCUT2D eigenvalue weighted by atomic mass is 32.1. The number of urea groups is 1. The average molecular weight is 375 g/mol. The molecule has 0 radical (unpaired) electrons. The fourth-order valence-electron chi connectivity index (χ4n) is 2.82. The molecule has 3 rings (SSSR count). The molecule has 0 spiro atoms. The molecule has 0 saturated heterocycles. The first-order valence-electron chi connectivity index (χ1n) is 8.12. The third-order valence-electron chi connectivity index (χ3n) is 4.21. The van der Waals surface area contributed by atoms with Crippen molar-refractivity contribution in [2.75, 3.05) is 5.32 Å². The highest BCUT2D eigenvalue weighted by Gasteiger charge is 2.21. The van der Waals surface area contributed by atoms with E-state index in [4.69, 9.17) is 0 Å². The largest absolute Gasteiger partial charge is 0.331 e. The number of aromatic nitrogens is 1. The lowest BCUT2D eigenvalue weighted by atomic mass is 10.1. The van der Waals surface area contributed by atoms with E-state index in [1.165, 1.54) is 0 Å². The van der Waals surface area contributed by atoms with Gasteiger partial charge in [-0.1, -0.05) is 0 Å². The molecule has 3 aromatic rings. The predicted molar refractivity (Wildman–Crippen MR) is 100 cm³/mol. The van der Waals surface area contributed by atoms with Gasteiger partial charge in [0.25, 0.3) is 0 Å². The molecule has 4 nitrogen and oxygen atoms in total. The monoisotopic (exact) mass is 375 g/mol. The van der Waals surface area contributed by atoms with Crippen molar-refractivity contribution in [3.63, 3.8) is 0 Å². The second-order valence-corrected chi connectivity index (χ2v) is 7.24. The molecule has 0 aliphatic rings. The van der Waals surface area contributed by atoms with E-state index in [0.717, 1.165) is 39.2 Å². The zero-order chi connectivity index (χ0) is 18.8. The molecule has 26 heavy (non-hydrogen) atoms. The molecule has 0 unspecified atom stereocenters. The van der Waals surface area contributed by atoms with Crippen LogP contribution in [0.1, 0.15) is 29.0 Å². The molecule has 0 saturated carbocycles. The van der Waals surface area contributed by atoms with Crippen molar-refractivity contribution in [1.29, 1.82) is 0 Å². The van der Waals surface area contributed by atoms with Gasteiger partial charge in [0.05, 0.1) is 11.7 Å². The Morgan fingerprint density at radius 1 is 1.19 bits per heavy atom. The average Bonchev–Trinajstić information content (AvgIpc) is 3.20. The van der Waals surface area contributed by atoms with E-state index in [1.54, 1.807) is 11.3 Å². The van der Waals surface area contributed by atoms with Crippen LogP contribution in [0, 0.1) is 25.5 Å². The lowest BCUT2D eigenvalue weighted by Crippen LogP contribution is -2.32. The summed E-state index contributed by atoms with van der Waals surface area (Å²) in [6.07, 6.45) is 3.90. The first kappa shape index (κ1) is 18.1. The standard InChI is InChI=1S/C19H19F2N3OS/c1-11-13(3)26-18(24-8-4-5-9-24)17(11)12(2)22-19(25)23-16-10-14(20)6-7-15(16)21/h4-10,12H,1-3H3,(H2,22,23,25)/t12-/m1/s1. The van der Waals surface area contributed by atoms with Gasteiger partial charge in [0.15, 0.2) is 0 Å². The molecule has 7 heteroatoms. The van der Waals surface area contributed by atoms with Gasteiger partial charge in [-0.25, -0.2) is 13.6 Å². The highest BCUT2D eigenvalue weighted by molar-refractivity contribution is 7.14. The fraction of sp³-hybridized carbons (Fsp3) is 0.211. The van der Waals surface area contributed by atoms with Crippen LogP contribution in [-0.2, 0) is 0 Å². The van der Waals surface area contributed by atoms with Crippen LogP contribution in [-0.4, -0.2) is 10.6 Å². The lowest BCUT2D eigenvalue weighted by molar-refractivity contribution is 0.249. The van der Waals surface area contributed by atoms with Crippen LogP contribution in [0.25, 0.3) is 5.00 Å². The van der Waals surface area contributed by atoms with Gasteiger partial charge >= 0.3 is 6.03 Å². The summed E-state index contributed by atoms with van der Waals surface area (Å²) in [5.74, 6) is -1.31. The molecule has 2 N–H and O–H groups in total. The minimum atomic E-state index is -0.690. The molecule has 2 amide bonds. The van der Waals surface area contributed by atoms with Crippen molar-refractivity contribution in [3.05, 3.63) is 70.4 Å². The summed E-state index contributed by atoms with van der Waals surface area (Å²) >= 11 is 1.64. The summed E-state index contributed by atoms with van der Waals surface area (Å²) in [4.78, 5) is 13.4. The quantitative estimate of drug-likeness (QED) is 0.637. The predicted octanol–water partition coefficient (Wildman–Crippen LogP) is 5.32. The van der Waals surface area contributed by atoms with E-state index >= 15 is 0 Å². The Hall–Kier alpha value is -2.67. The molecule has 0 aliphatic carbocycles. The fourth-order valence-corrected chi connectivity index (χ4v) is 4.04.